The van der Waals surface area contributed by atoms with Crippen LogP contribution in [0.15, 0.2) is 39.1 Å². The lowest BCUT2D eigenvalue weighted by Gasteiger charge is -2.24. The van der Waals surface area contributed by atoms with Gasteiger partial charge >= 0.3 is 0 Å². The van der Waals surface area contributed by atoms with Crippen LogP contribution in [0.3, 0.4) is 0 Å². The molecule has 1 aliphatic rings. The molecule has 0 bridgehead atoms. The molecule has 7 heteroatoms. The zero-order valence-corrected chi connectivity index (χ0v) is 13.8. The van der Waals surface area contributed by atoms with Gasteiger partial charge in [0.1, 0.15) is 5.82 Å². The normalized spacial score (nSPS) is 17.0. The smallest absolute Gasteiger partial charge is 0.257 e. The number of hydrogen-bond acceptors (Lipinski definition) is 5. The number of nitrogens with zero attached hydrogens (tertiary/aromatic N) is 1. The minimum absolute atomic E-state index is 0.114. The van der Waals surface area contributed by atoms with Crippen molar-refractivity contribution in [2.24, 2.45) is 0 Å². The zero-order valence-electron chi connectivity index (χ0n) is 12.2. The first kappa shape index (κ1) is 15.2. The fourth-order valence-electron chi connectivity index (χ4n) is 2.57. The van der Waals surface area contributed by atoms with Crippen LogP contribution < -0.4 is 10.9 Å². The molecule has 1 atom stereocenters. The van der Waals surface area contributed by atoms with Gasteiger partial charge in [0.2, 0.25) is 5.91 Å². The second-order valence-electron chi connectivity index (χ2n) is 4.92. The Hall–Kier alpha value is -1.73. The third kappa shape index (κ3) is 2.78. The third-order valence-corrected chi connectivity index (χ3v) is 4.96. The molecule has 0 saturated heterocycles. The van der Waals surface area contributed by atoms with Crippen molar-refractivity contribution in [1.82, 2.24) is 9.97 Å². The van der Waals surface area contributed by atoms with Crippen LogP contribution in [-0.4, -0.2) is 28.4 Å². The van der Waals surface area contributed by atoms with E-state index in [-0.39, 0.29) is 23.8 Å². The highest BCUT2D eigenvalue weighted by molar-refractivity contribution is 7.98. The van der Waals surface area contributed by atoms with Gasteiger partial charge in [-0.3, -0.25) is 9.59 Å². The number of nitrogens with one attached hydrogen (secondary N) is 2. The summed E-state index contributed by atoms with van der Waals surface area (Å²) in [5.74, 6) is 0.00621. The number of fused-ring (bicyclic) bond motifs is 1. The Bertz CT molecular complexity index is 771. The number of aromatic nitrogens is 2. The summed E-state index contributed by atoms with van der Waals surface area (Å²) in [6.07, 6.45) is 4.10. The maximum absolute atomic E-state index is 12.4. The average molecular weight is 333 g/mol. The summed E-state index contributed by atoms with van der Waals surface area (Å²) in [6, 6.07) is 7.95. The predicted molar refractivity (Wildman–Crippen MR) is 90.0 cm³/mol. The number of amides is 1. The summed E-state index contributed by atoms with van der Waals surface area (Å²) in [6.45, 7) is 0. The van der Waals surface area contributed by atoms with Crippen molar-refractivity contribution in [2.45, 2.75) is 22.4 Å². The molecule has 0 saturated carbocycles. The Labute approximate surface area is 136 Å². The first-order valence-corrected chi connectivity index (χ1v) is 9.19. The maximum atomic E-state index is 12.4. The molecule has 2 heterocycles. The molecule has 2 N–H and O–H groups in total. The Morgan fingerprint density at radius 1 is 1.14 bits per heavy atom. The summed E-state index contributed by atoms with van der Waals surface area (Å²) in [5, 5.41) is 3.21. The van der Waals surface area contributed by atoms with Gasteiger partial charge in [-0.05, 0) is 30.2 Å². The second kappa shape index (κ2) is 6.18. The van der Waals surface area contributed by atoms with Crippen LogP contribution in [0.25, 0.3) is 0 Å². The fourth-order valence-corrected chi connectivity index (χ4v) is 3.35. The van der Waals surface area contributed by atoms with Gasteiger partial charge < -0.3 is 10.3 Å². The van der Waals surface area contributed by atoms with Gasteiger partial charge in [-0.15, -0.1) is 11.8 Å². The summed E-state index contributed by atoms with van der Waals surface area (Å²) in [4.78, 5) is 32.6. The quantitative estimate of drug-likeness (QED) is 0.667. The van der Waals surface area contributed by atoms with Gasteiger partial charge in [0.05, 0.1) is 5.56 Å². The molecular formula is C15H15N3O2S2. The predicted octanol–water partition coefficient (Wildman–Crippen LogP) is 2.69. The summed E-state index contributed by atoms with van der Waals surface area (Å²) < 4.78 is 0. The SMILES string of the molecule is CSc1ccc([C@@H]2CC(=O)Nc3nc(SC)[nH]c(=O)c32)cc1. The number of aromatic amines is 1. The van der Waals surface area contributed by atoms with E-state index in [1.165, 1.54) is 11.8 Å². The number of rotatable bonds is 3. The van der Waals surface area contributed by atoms with Gasteiger partial charge in [0, 0.05) is 17.2 Å². The molecular weight excluding hydrogens is 318 g/mol. The van der Waals surface area contributed by atoms with Crippen LogP contribution in [0.4, 0.5) is 5.82 Å². The molecule has 114 valence electrons. The number of hydrogen-bond donors (Lipinski definition) is 2. The van der Waals surface area contributed by atoms with Gasteiger partial charge in [-0.1, -0.05) is 23.9 Å². The molecule has 0 spiro atoms. The standard InChI is InChI=1S/C15H15N3O2S2/c1-21-9-5-3-8(4-6-9)10-7-11(19)16-13-12(10)14(20)18-15(17-13)22-2/h3-6,10H,7H2,1-2H3,(H2,16,17,18,19,20)/t10-/m0/s1. The minimum atomic E-state index is -0.258. The van der Waals surface area contributed by atoms with Crippen molar-refractivity contribution in [2.75, 3.05) is 17.8 Å². The molecule has 0 radical (unpaired) electrons. The van der Waals surface area contributed by atoms with E-state index in [1.54, 1.807) is 11.8 Å². The largest absolute Gasteiger partial charge is 0.310 e. The molecule has 1 aromatic carbocycles. The fraction of sp³-hybridized carbons (Fsp3) is 0.267. The van der Waals surface area contributed by atoms with Crippen molar-refractivity contribution in [3.8, 4) is 0 Å². The molecule has 2 aromatic rings. The topological polar surface area (TPSA) is 74.8 Å². The van der Waals surface area contributed by atoms with Crippen LogP contribution in [0.1, 0.15) is 23.5 Å². The average Bonchev–Trinajstić information content (AvgIpc) is 2.53. The first-order valence-electron chi connectivity index (χ1n) is 6.74. The highest BCUT2D eigenvalue weighted by Crippen LogP contribution is 2.34. The third-order valence-electron chi connectivity index (χ3n) is 3.64. The minimum Gasteiger partial charge on any atom is -0.310 e. The van der Waals surface area contributed by atoms with E-state index in [2.05, 4.69) is 15.3 Å². The number of H-pyrrole nitrogens is 1. The molecule has 1 aliphatic heterocycles. The highest BCUT2D eigenvalue weighted by Gasteiger charge is 2.30. The monoisotopic (exact) mass is 333 g/mol. The molecule has 1 amide bonds. The summed E-state index contributed by atoms with van der Waals surface area (Å²) in [7, 11) is 0. The lowest BCUT2D eigenvalue weighted by molar-refractivity contribution is -0.116. The van der Waals surface area contributed by atoms with Gasteiger partial charge in [-0.2, -0.15) is 0 Å². The number of anilines is 1. The van der Waals surface area contributed by atoms with Crippen LogP contribution in [0.2, 0.25) is 0 Å². The maximum Gasteiger partial charge on any atom is 0.257 e. The van der Waals surface area contributed by atoms with E-state index in [9.17, 15) is 9.59 Å². The number of carbonyl (C=O) groups excluding carboxylic acids is 1. The first-order chi connectivity index (χ1) is 10.6. The Morgan fingerprint density at radius 2 is 1.86 bits per heavy atom. The van der Waals surface area contributed by atoms with Crippen LogP contribution >= 0.6 is 23.5 Å². The molecule has 3 rings (SSSR count). The van der Waals surface area contributed by atoms with Crippen molar-refractivity contribution < 1.29 is 4.79 Å². The van der Waals surface area contributed by atoms with E-state index in [0.29, 0.717) is 16.5 Å². The number of carbonyl (C=O) groups is 1. The molecule has 22 heavy (non-hydrogen) atoms. The van der Waals surface area contributed by atoms with E-state index in [0.717, 1.165) is 10.5 Å². The van der Waals surface area contributed by atoms with Crippen molar-refractivity contribution in [3.63, 3.8) is 0 Å². The van der Waals surface area contributed by atoms with Crippen LogP contribution in [-0.2, 0) is 4.79 Å². The van der Waals surface area contributed by atoms with Gasteiger partial charge in [0.25, 0.3) is 5.56 Å². The molecule has 5 nitrogen and oxygen atoms in total. The van der Waals surface area contributed by atoms with Crippen molar-refractivity contribution in [1.29, 1.82) is 0 Å². The van der Waals surface area contributed by atoms with Crippen LogP contribution in [0.5, 0.6) is 0 Å². The Morgan fingerprint density at radius 3 is 2.50 bits per heavy atom. The highest BCUT2D eigenvalue weighted by atomic mass is 32.2. The van der Waals surface area contributed by atoms with Crippen molar-refractivity contribution in [3.05, 3.63) is 45.7 Å². The Balaban J connectivity index is 2.10. The van der Waals surface area contributed by atoms with Gasteiger partial charge in [0.15, 0.2) is 5.16 Å². The molecule has 0 aliphatic carbocycles. The van der Waals surface area contributed by atoms with E-state index >= 15 is 0 Å². The summed E-state index contributed by atoms with van der Waals surface area (Å²) >= 11 is 2.99. The van der Waals surface area contributed by atoms with E-state index < -0.39 is 0 Å². The molecule has 1 aromatic heterocycles. The molecule has 0 unspecified atom stereocenters. The number of benzene rings is 1. The molecule has 0 fully saturated rings. The lowest BCUT2D eigenvalue weighted by Crippen LogP contribution is -2.31. The van der Waals surface area contributed by atoms with Gasteiger partial charge in [-0.25, -0.2) is 4.98 Å². The summed E-state index contributed by atoms with van der Waals surface area (Å²) in [5.41, 5.74) is 1.31. The van der Waals surface area contributed by atoms with E-state index in [4.69, 9.17) is 0 Å². The van der Waals surface area contributed by atoms with E-state index in [1.807, 2.05) is 36.8 Å². The van der Waals surface area contributed by atoms with Crippen LogP contribution in [0, 0.1) is 0 Å². The lowest BCUT2D eigenvalue weighted by atomic mass is 9.87. The number of thioether (sulfide) groups is 2. The second-order valence-corrected chi connectivity index (χ2v) is 6.59. The van der Waals surface area contributed by atoms with Crippen molar-refractivity contribution >= 4 is 35.2 Å². The Kier molecular flexibility index (Phi) is 4.26. The zero-order chi connectivity index (χ0) is 15.7.